The molecule has 2 aliphatic rings. The van der Waals surface area contributed by atoms with Crippen molar-refractivity contribution in [3.05, 3.63) is 35.4 Å². The first-order chi connectivity index (χ1) is 9.90. The van der Waals surface area contributed by atoms with Gasteiger partial charge in [0.1, 0.15) is 0 Å². The second kappa shape index (κ2) is 6.73. The largest absolute Gasteiger partial charge is 0.309 e. The summed E-state index contributed by atoms with van der Waals surface area (Å²) in [5, 5.41) is 3.81. The molecule has 0 saturated carbocycles. The Morgan fingerprint density at radius 1 is 1.10 bits per heavy atom. The molecule has 1 heterocycles. The van der Waals surface area contributed by atoms with Crippen molar-refractivity contribution in [2.45, 2.75) is 57.5 Å². The minimum atomic E-state index is 0.546. The van der Waals surface area contributed by atoms with E-state index in [0.717, 1.165) is 6.54 Å². The maximum atomic E-state index is 3.81. The standard InChI is InChI=1S/C18H28N2/c1-2-11-19-18-16-10-6-5-9-15(16)14-17(18)20-12-7-3-4-8-13-20/h5-6,9-10,17-19H,2-4,7-8,11-14H2,1H3. The van der Waals surface area contributed by atoms with E-state index >= 15 is 0 Å². The molecule has 20 heavy (non-hydrogen) atoms. The van der Waals surface area contributed by atoms with Crippen LogP contribution in [0, 0.1) is 0 Å². The van der Waals surface area contributed by atoms with E-state index in [1.54, 1.807) is 11.1 Å². The third-order valence-electron chi connectivity index (χ3n) is 4.93. The fraction of sp³-hybridized carbons (Fsp3) is 0.667. The zero-order valence-corrected chi connectivity index (χ0v) is 12.8. The zero-order valence-electron chi connectivity index (χ0n) is 12.8. The van der Waals surface area contributed by atoms with Gasteiger partial charge in [0.2, 0.25) is 0 Å². The van der Waals surface area contributed by atoms with Crippen molar-refractivity contribution < 1.29 is 0 Å². The lowest BCUT2D eigenvalue weighted by atomic mass is 10.1. The molecule has 1 saturated heterocycles. The van der Waals surface area contributed by atoms with Crippen molar-refractivity contribution in [2.24, 2.45) is 0 Å². The molecule has 1 fully saturated rings. The van der Waals surface area contributed by atoms with E-state index in [1.807, 2.05) is 0 Å². The highest BCUT2D eigenvalue weighted by atomic mass is 15.2. The third kappa shape index (κ3) is 2.91. The fourth-order valence-electron chi connectivity index (χ4n) is 3.89. The SMILES string of the molecule is CCCNC1c2ccccc2CC1N1CCCCCC1. The lowest BCUT2D eigenvalue weighted by Gasteiger charge is -2.33. The van der Waals surface area contributed by atoms with Crippen molar-refractivity contribution in [1.29, 1.82) is 0 Å². The molecule has 1 aromatic carbocycles. The highest BCUT2D eigenvalue weighted by molar-refractivity contribution is 5.37. The summed E-state index contributed by atoms with van der Waals surface area (Å²) in [5.41, 5.74) is 3.12. The van der Waals surface area contributed by atoms with Gasteiger partial charge in [-0.3, -0.25) is 4.90 Å². The van der Waals surface area contributed by atoms with E-state index < -0.39 is 0 Å². The first kappa shape index (κ1) is 14.1. The van der Waals surface area contributed by atoms with Gasteiger partial charge in [-0.15, -0.1) is 0 Å². The number of hydrogen-bond acceptors (Lipinski definition) is 2. The Labute approximate surface area is 123 Å². The van der Waals surface area contributed by atoms with Crippen molar-refractivity contribution in [3.63, 3.8) is 0 Å². The lowest BCUT2D eigenvalue weighted by molar-refractivity contribution is 0.172. The molecule has 1 N–H and O–H groups in total. The monoisotopic (exact) mass is 272 g/mol. The molecule has 2 nitrogen and oxygen atoms in total. The number of benzene rings is 1. The maximum absolute atomic E-state index is 3.81. The van der Waals surface area contributed by atoms with E-state index in [-0.39, 0.29) is 0 Å². The van der Waals surface area contributed by atoms with Gasteiger partial charge in [-0.05, 0) is 56.4 Å². The predicted octanol–water partition coefficient (Wildman–Crippen LogP) is 3.53. The van der Waals surface area contributed by atoms with E-state index in [1.165, 1.54) is 51.6 Å². The van der Waals surface area contributed by atoms with Crippen molar-refractivity contribution in [3.8, 4) is 0 Å². The average molecular weight is 272 g/mol. The number of fused-ring (bicyclic) bond motifs is 1. The van der Waals surface area contributed by atoms with E-state index in [9.17, 15) is 0 Å². The van der Waals surface area contributed by atoms with Crippen LogP contribution in [0.3, 0.4) is 0 Å². The molecule has 1 aliphatic heterocycles. The van der Waals surface area contributed by atoms with Crippen LogP contribution >= 0.6 is 0 Å². The Morgan fingerprint density at radius 2 is 1.85 bits per heavy atom. The summed E-state index contributed by atoms with van der Waals surface area (Å²) in [5.74, 6) is 0. The molecular weight excluding hydrogens is 244 g/mol. The highest BCUT2D eigenvalue weighted by Gasteiger charge is 2.35. The average Bonchev–Trinajstić information content (AvgIpc) is 2.66. The van der Waals surface area contributed by atoms with E-state index in [2.05, 4.69) is 41.4 Å². The van der Waals surface area contributed by atoms with Gasteiger partial charge >= 0.3 is 0 Å². The van der Waals surface area contributed by atoms with Gasteiger partial charge in [-0.1, -0.05) is 44.0 Å². The Hall–Kier alpha value is -0.860. The van der Waals surface area contributed by atoms with Crippen LogP contribution in [0.15, 0.2) is 24.3 Å². The summed E-state index contributed by atoms with van der Waals surface area (Å²) in [6.45, 7) is 5.98. The fourth-order valence-corrected chi connectivity index (χ4v) is 3.89. The third-order valence-corrected chi connectivity index (χ3v) is 4.93. The van der Waals surface area contributed by atoms with Crippen LogP contribution in [0.2, 0.25) is 0 Å². The molecule has 1 aromatic rings. The molecule has 0 spiro atoms. The van der Waals surface area contributed by atoms with Gasteiger partial charge < -0.3 is 5.32 Å². The normalized spacial score (nSPS) is 27.2. The first-order valence-electron chi connectivity index (χ1n) is 8.45. The molecule has 2 unspecified atom stereocenters. The first-order valence-corrected chi connectivity index (χ1v) is 8.45. The lowest BCUT2D eigenvalue weighted by Crippen LogP contribution is -2.43. The molecule has 110 valence electrons. The summed E-state index contributed by atoms with van der Waals surface area (Å²) >= 11 is 0. The summed E-state index contributed by atoms with van der Waals surface area (Å²) in [7, 11) is 0. The van der Waals surface area contributed by atoms with Crippen LogP contribution in [-0.4, -0.2) is 30.6 Å². The number of nitrogens with one attached hydrogen (secondary N) is 1. The second-order valence-corrected chi connectivity index (χ2v) is 6.35. The van der Waals surface area contributed by atoms with Gasteiger partial charge in [0.15, 0.2) is 0 Å². The molecule has 3 rings (SSSR count). The predicted molar refractivity (Wildman–Crippen MR) is 85.0 cm³/mol. The van der Waals surface area contributed by atoms with E-state index in [0.29, 0.717) is 12.1 Å². The second-order valence-electron chi connectivity index (χ2n) is 6.35. The quantitative estimate of drug-likeness (QED) is 0.902. The molecule has 0 aromatic heterocycles. The van der Waals surface area contributed by atoms with Crippen LogP contribution in [-0.2, 0) is 6.42 Å². The van der Waals surface area contributed by atoms with Gasteiger partial charge in [0.05, 0.1) is 0 Å². The van der Waals surface area contributed by atoms with Crippen molar-refractivity contribution >= 4 is 0 Å². The minimum Gasteiger partial charge on any atom is -0.309 e. The summed E-state index contributed by atoms with van der Waals surface area (Å²) in [4.78, 5) is 2.76. The van der Waals surface area contributed by atoms with Crippen LogP contribution < -0.4 is 5.32 Å². The summed E-state index contributed by atoms with van der Waals surface area (Å²) in [6.07, 6.45) is 8.05. The Balaban J connectivity index is 1.79. The molecule has 0 bridgehead atoms. The smallest absolute Gasteiger partial charge is 0.0484 e. The molecular formula is C18H28N2. The Bertz CT molecular complexity index is 421. The van der Waals surface area contributed by atoms with Gasteiger partial charge in [-0.2, -0.15) is 0 Å². The zero-order chi connectivity index (χ0) is 13.8. The number of hydrogen-bond donors (Lipinski definition) is 1. The van der Waals surface area contributed by atoms with Crippen LogP contribution in [0.4, 0.5) is 0 Å². The highest BCUT2D eigenvalue weighted by Crippen LogP contribution is 2.35. The number of nitrogens with zero attached hydrogens (tertiary/aromatic N) is 1. The van der Waals surface area contributed by atoms with Crippen molar-refractivity contribution in [1.82, 2.24) is 10.2 Å². The molecule has 2 atom stereocenters. The van der Waals surface area contributed by atoms with Crippen molar-refractivity contribution in [2.75, 3.05) is 19.6 Å². The van der Waals surface area contributed by atoms with Gasteiger partial charge in [-0.25, -0.2) is 0 Å². The van der Waals surface area contributed by atoms with Crippen LogP contribution in [0.5, 0.6) is 0 Å². The van der Waals surface area contributed by atoms with Gasteiger partial charge in [0, 0.05) is 12.1 Å². The summed E-state index contributed by atoms with van der Waals surface area (Å²) in [6, 6.07) is 10.3. The Kier molecular flexibility index (Phi) is 4.74. The summed E-state index contributed by atoms with van der Waals surface area (Å²) < 4.78 is 0. The van der Waals surface area contributed by atoms with Crippen LogP contribution in [0.25, 0.3) is 0 Å². The van der Waals surface area contributed by atoms with Crippen LogP contribution in [0.1, 0.15) is 56.2 Å². The molecule has 0 radical (unpaired) electrons. The molecule has 0 amide bonds. The maximum Gasteiger partial charge on any atom is 0.0484 e. The topological polar surface area (TPSA) is 15.3 Å². The van der Waals surface area contributed by atoms with Gasteiger partial charge in [0.25, 0.3) is 0 Å². The minimum absolute atomic E-state index is 0.546. The Morgan fingerprint density at radius 3 is 2.60 bits per heavy atom. The number of likely N-dealkylation sites (tertiary alicyclic amines) is 1. The molecule has 1 aliphatic carbocycles. The number of rotatable bonds is 4. The molecule has 2 heteroatoms. The van der Waals surface area contributed by atoms with E-state index in [4.69, 9.17) is 0 Å².